The number of Topliss-reactive ketones (excluding diaryl/α,β-unsaturated/α-hetero) is 1. The van der Waals surface area contributed by atoms with Gasteiger partial charge in [-0.15, -0.1) is 0 Å². The third kappa shape index (κ3) is 5.21. The molecule has 28 heavy (non-hydrogen) atoms. The Hall–Kier alpha value is -3.11. The van der Waals surface area contributed by atoms with Gasteiger partial charge in [-0.1, -0.05) is 0 Å². The first-order chi connectivity index (χ1) is 13.2. The van der Waals surface area contributed by atoms with Gasteiger partial charge in [0.05, 0.1) is 21.3 Å². The van der Waals surface area contributed by atoms with Gasteiger partial charge < -0.3 is 19.5 Å². The highest BCUT2D eigenvalue weighted by Crippen LogP contribution is 2.38. The molecule has 0 bridgehead atoms. The molecule has 0 heterocycles. The number of amides is 1. The minimum absolute atomic E-state index is 0.0865. The maximum atomic E-state index is 12.5. The summed E-state index contributed by atoms with van der Waals surface area (Å²) in [6.45, 7) is 0. The van der Waals surface area contributed by atoms with Crippen LogP contribution in [-0.4, -0.2) is 51.7 Å². The number of anilines is 1. The monoisotopic (exact) mass is 409 g/mol. The third-order valence-electron chi connectivity index (χ3n) is 3.71. The van der Waals surface area contributed by atoms with E-state index in [1.54, 1.807) is 0 Å². The summed E-state index contributed by atoms with van der Waals surface area (Å²) in [5, 5.41) is 2.64. The minimum atomic E-state index is -4.41. The molecular weight excluding hydrogens is 390 g/mol. The van der Waals surface area contributed by atoms with E-state index in [0.717, 1.165) is 0 Å². The highest BCUT2D eigenvalue weighted by Gasteiger charge is 2.18. The number of hydrogen-bond donors (Lipinski definition) is 2. The average Bonchev–Trinajstić information content (AvgIpc) is 2.65. The second-order valence-corrected chi connectivity index (χ2v) is 7.05. The van der Waals surface area contributed by atoms with Crippen molar-refractivity contribution < 1.29 is 36.8 Å². The van der Waals surface area contributed by atoms with Crippen LogP contribution in [0, 0.1) is 0 Å². The predicted octanol–water partition coefficient (Wildman–Crippen LogP) is 2.04. The molecule has 2 rings (SSSR count). The number of carbonyl (C=O) groups is 2. The Morgan fingerprint density at radius 3 is 1.89 bits per heavy atom. The highest BCUT2D eigenvalue weighted by atomic mass is 32.2. The summed E-state index contributed by atoms with van der Waals surface area (Å²) in [5.74, 6) is -1.25. The number of methoxy groups -OCH3 is 3. The van der Waals surface area contributed by atoms with Crippen molar-refractivity contribution in [1.29, 1.82) is 0 Å². The highest BCUT2D eigenvalue weighted by molar-refractivity contribution is 7.86. The summed E-state index contributed by atoms with van der Waals surface area (Å²) >= 11 is 0. The lowest BCUT2D eigenvalue weighted by Crippen LogP contribution is -2.15. The predicted molar refractivity (Wildman–Crippen MR) is 101 cm³/mol. The number of ether oxygens (including phenoxy) is 3. The van der Waals surface area contributed by atoms with Crippen LogP contribution in [0.1, 0.15) is 20.7 Å². The van der Waals surface area contributed by atoms with E-state index < -0.39 is 27.6 Å². The topological polar surface area (TPSA) is 128 Å². The van der Waals surface area contributed by atoms with Crippen molar-refractivity contribution in [2.24, 2.45) is 0 Å². The smallest absolute Gasteiger partial charge is 0.272 e. The fourth-order valence-corrected chi connectivity index (χ4v) is 2.90. The maximum absolute atomic E-state index is 12.5. The summed E-state index contributed by atoms with van der Waals surface area (Å²) in [7, 11) is -0.0959. The van der Waals surface area contributed by atoms with Crippen molar-refractivity contribution in [3.8, 4) is 17.2 Å². The van der Waals surface area contributed by atoms with Crippen LogP contribution in [0.25, 0.3) is 0 Å². The molecule has 0 saturated carbocycles. The molecule has 0 radical (unpaired) electrons. The second kappa shape index (κ2) is 8.72. The molecule has 1 amide bonds. The fraction of sp³-hybridized carbons (Fsp3) is 0.222. The standard InChI is InChI=1S/C18H19NO8S/c1-25-15-8-12(9-16(26-2)17(15)27-3)18(21)19-13-6-4-11(5-7-13)14(20)10-28(22,23)24/h4-9H,10H2,1-3H3,(H,19,21)(H,22,23,24). The largest absolute Gasteiger partial charge is 0.493 e. The van der Waals surface area contributed by atoms with E-state index in [1.807, 2.05) is 0 Å². The number of hydrogen-bond acceptors (Lipinski definition) is 7. The Balaban J connectivity index is 2.20. The van der Waals surface area contributed by atoms with Crippen LogP contribution < -0.4 is 19.5 Å². The Bertz CT molecular complexity index is 958. The van der Waals surface area contributed by atoms with E-state index in [1.165, 1.54) is 57.7 Å². The molecular formula is C18H19NO8S. The number of carbonyl (C=O) groups excluding carboxylic acids is 2. The zero-order chi connectivity index (χ0) is 20.9. The molecule has 2 aromatic carbocycles. The second-order valence-electron chi connectivity index (χ2n) is 5.59. The summed E-state index contributed by atoms with van der Waals surface area (Å²) in [5.41, 5.74) is 0.714. The van der Waals surface area contributed by atoms with Crippen LogP contribution in [-0.2, 0) is 10.1 Å². The van der Waals surface area contributed by atoms with E-state index >= 15 is 0 Å². The van der Waals surface area contributed by atoms with Gasteiger partial charge in [-0.25, -0.2) is 0 Å². The van der Waals surface area contributed by atoms with Gasteiger partial charge in [0.25, 0.3) is 16.0 Å². The van der Waals surface area contributed by atoms with Crippen LogP contribution in [0.2, 0.25) is 0 Å². The Morgan fingerprint density at radius 2 is 1.46 bits per heavy atom. The van der Waals surface area contributed by atoms with Crippen LogP contribution in [0.15, 0.2) is 36.4 Å². The molecule has 10 heteroatoms. The average molecular weight is 409 g/mol. The molecule has 0 aromatic heterocycles. The van der Waals surface area contributed by atoms with Crippen LogP contribution in [0.3, 0.4) is 0 Å². The van der Waals surface area contributed by atoms with Gasteiger partial charge in [-0.3, -0.25) is 14.1 Å². The van der Waals surface area contributed by atoms with Crippen LogP contribution >= 0.6 is 0 Å². The molecule has 0 atom stereocenters. The van der Waals surface area contributed by atoms with Gasteiger partial charge in [0.1, 0.15) is 5.75 Å². The molecule has 0 fully saturated rings. The Morgan fingerprint density at radius 1 is 0.929 bits per heavy atom. The van der Waals surface area contributed by atoms with Crippen molar-refractivity contribution in [2.45, 2.75) is 0 Å². The number of rotatable bonds is 8. The molecule has 0 aliphatic carbocycles. The van der Waals surface area contributed by atoms with Gasteiger partial charge in [0.15, 0.2) is 17.3 Å². The maximum Gasteiger partial charge on any atom is 0.272 e. The lowest BCUT2D eigenvalue weighted by molar-refractivity contribution is 0.101. The normalized spacial score (nSPS) is 10.9. The summed E-state index contributed by atoms with van der Waals surface area (Å²) < 4.78 is 45.9. The van der Waals surface area contributed by atoms with E-state index in [9.17, 15) is 18.0 Å². The summed E-state index contributed by atoms with van der Waals surface area (Å²) in [6.07, 6.45) is 0. The summed E-state index contributed by atoms with van der Waals surface area (Å²) in [4.78, 5) is 24.3. The molecule has 2 aromatic rings. The quantitative estimate of drug-likeness (QED) is 0.501. The van der Waals surface area contributed by atoms with Gasteiger partial charge in [0, 0.05) is 16.8 Å². The van der Waals surface area contributed by atoms with Crippen LogP contribution in [0.4, 0.5) is 5.69 Å². The number of benzene rings is 2. The van der Waals surface area contributed by atoms with Crippen molar-refractivity contribution in [3.63, 3.8) is 0 Å². The van der Waals surface area contributed by atoms with E-state index in [0.29, 0.717) is 22.9 Å². The number of nitrogens with one attached hydrogen (secondary N) is 1. The van der Waals surface area contributed by atoms with Gasteiger partial charge in [-0.05, 0) is 36.4 Å². The first-order valence-corrected chi connectivity index (χ1v) is 9.49. The van der Waals surface area contributed by atoms with Crippen molar-refractivity contribution >= 4 is 27.5 Å². The van der Waals surface area contributed by atoms with E-state index in [-0.39, 0.29) is 11.1 Å². The molecule has 0 unspecified atom stereocenters. The molecule has 0 spiro atoms. The van der Waals surface area contributed by atoms with Crippen molar-refractivity contribution in [3.05, 3.63) is 47.5 Å². The molecule has 9 nitrogen and oxygen atoms in total. The number of ketones is 1. The molecule has 0 saturated heterocycles. The fourth-order valence-electron chi connectivity index (χ4n) is 2.40. The molecule has 2 N–H and O–H groups in total. The minimum Gasteiger partial charge on any atom is -0.493 e. The lowest BCUT2D eigenvalue weighted by atomic mass is 10.1. The first-order valence-electron chi connectivity index (χ1n) is 7.88. The Labute approximate surface area is 162 Å². The molecule has 0 aliphatic rings. The third-order valence-corrected chi connectivity index (χ3v) is 4.33. The van der Waals surface area contributed by atoms with Crippen molar-refractivity contribution in [2.75, 3.05) is 32.4 Å². The van der Waals surface area contributed by atoms with E-state index in [2.05, 4.69) is 5.32 Å². The SMILES string of the molecule is COc1cc(C(=O)Nc2ccc(C(=O)CS(=O)(=O)O)cc2)cc(OC)c1OC. The molecule has 0 aliphatic heterocycles. The van der Waals surface area contributed by atoms with Gasteiger partial charge >= 0.3 is 0 Å². The van der Waals surface area contributed by atoms with Crippen LogP contribution in [0.5, 0.6) is 17.2 Å². The lowest BCUT2D eigenvalue weighted by Gasteiger charge is -2.14. The van der Waals surface area contributed by atoms with Gasteiger partial charge in [-0.2, -0.15) is 8.42 Å². The summed E-state index contributed by atoms with van der Waals surface area (Å²) in [6, 6.07) is 8.54. The Kier molecular flexibility index (Phi) is 6.60. The first kappa shape index (κ1) is 21.2. The zero-order valence-electron chi connectivity index (χ0n) is 15.4. The van der Waals surface area contributed by atoms with E-state index in [4.69, 9.17) is 18.8 Å². The zero-order valence-corrected chi connectivity index (χ0v) is 16.2. The van der Waals surface area contributed by atoms with Gasteiger partial charge in [0.2, 0.25) is 5.75 Å². The van der Waals surface area contributed by atoms with Crippen molar-refractivity contribution in [1.82, 2.24) is 0 Å². The molecule has 150 valence electrons.